The summed E-state index contributed by atoms with van der Waals surface area (Å²) in [5.41, 5.74) is 10.5. The molecule has 0 fully saturated rings. The molecule has 0 unspecified atom stereocenters. The van der Waals surface area contributed by atoms with Gasteiger partial charge in [-0.05, 0) is 35.7 Å². The van der Waals surface area contributed by atoms with Crippen LogP contribution in [0, 0.1) is 0 Å². The second-order valence-electron chi connectivity index (χ2n) is 4.14. The number of benzene rings is 1. The fourth-order valence-electron chi connectivity index (χ4n) is 1.96. The zero-order valence-corrected chi connectivity index (χ0v) is 11.0. The van der Waals surface area contributed by atoms with Gasteiger partial charge in [0.1, 0.15) is 0 Å². The summed E-state index contributed by atoms with van der Waals surface area (Å²) < 4.78 is 4.79. The molecule has 0 saturated heterocycles. The van der Waals surface area contributed by atoms with Gasteiger partial charge in [-0.1, -0.05) is 17.3 Å². The summed E-state index contributed by atoms with van der Waals surface area (Å²) in [7, 11) is 1.36. The van der Waals surface area contributed by atoms with Crippen LogP contribution in [0.3, 0.4) is 0 Å². The molecule has 6 heteroatoms. The molecule has 0 saturated carbocycles. The van der Waals surface area contributed by atoms with Crippen molar-refractivity contribution in [1.82, 2.24) is 4.98 Å². The van der Waals surface area contributed by atoms with E-state index in [9.17, 15) is 4.79 Å². The standard InChI is InChI=1S/C14H14N4O2/c1-20-14(19)12-8-10(4-2-3-6-17-18-15)9-13-11(12)5-7-16-13/h2,4-5,7-9,16H,3,6H2,1H3. The predicted octanol–water partition coefficient (Wildman–Crippen LogP) is 3.67. The fraction of sp³-hybridized carbons (Fsp3) is 0.214. The van der Waals surface area contributed by atoms with Gasteiger partial charge >= 0.3 is 5.97 Å². The SMILES string of the molecule is COC(=O)c1cc(C=CCCN=[N+]=[N-])cc2[nH]ccc12. The van der Waals surface area contributed by atoms with Gasteiger partial charge in [-0.25, -0.2) is 4.79 Å². The number of hydrogen-bond donors (Lipinski definition) is 1. The fourth-order valence-corrected chi connectivity index (χ4v) is 1.96. The molecule has 0 aliphatic rings. The molecule has 0 atom stereocenters. The van der Waals surface area contributed by atoms with E-state index >= 15 is 0 Å². The minimum atomic E-state index is -0.362. The van der Waals surface area contributed by atoms with Crippen LogP contribution in [0.5, 0.6) is 0 Å². The Morgan fingerprint density at radius 1 is 1.55 bits per heavy atom. The van der Waals surface area contributed by atoms with Crippen LogP contribution >= 0.6 is 0 Å². The van der Waals surface area contributed by atoms with Crippen molar-refractivity contribution >= 4 is 22.9 Å². The topological polar surface area (TPSA) is 90.8 Å². The third-order valence-electron chi connectivity index (χ3n) is 2.87. The van der Waals surface area contributed by atoms with E-state index in [1.165, 1.54) is 7.11 Å². The van der Waals surface area contributed by atoms with E-state index in [4.69, 9.17) is 10.3 Å². The lowest BCUT2D eigenvalue weighted by Gasteiger charge is -2.03. The first-order chi connectivity index (χ1) is 9.76. The first-order valence-electron chi connectivity index (χ1n) is 6.13. The average molecular weight is 270 g/mol. The quantitative estimate of drug-likeness (QED) is 0.295. The lowest BCUT2D eigenvalue weighted by molar-refractivity contribution is 0.0603. The van der Waals surface area contributed by atoms with Gasteiger partial charge in [0.05, 0.1) is 12.7 Å². The van der Waals surface area contributed by atoms with E-state index in [1.807, 2.05) is 24.3 Å². The number of fused-ring (bicyclic) bond motifs is 1. The summed E-state index contributed by atoms with van der Waals surface area (Å²) in [6.45, 7) is 0.418. The van der Waals surface area contributed by atoms with E-state index < -0.39 is 0 Å². The Morgan fingerprint density at radius 3 is 3.15 bits per heavy atom. The summed E-state index contributed by atoms with van der Waals surface area (Å²) in [4.78, 5) is 17.5. The van der Waals surface area contributed by atoms with E-state index in [1.54, 1.807) is 12.3 Å². The maximum absolute atomic E-state index is 11.8. The highest BCUT2D eigenvalue weighted by atomic mass is 16.5. The van der Waals surface area contributed by atoms with Crippen molar-refractivity contribution in [1.29, 1.82) is 0 Å². The van der Waals surface area contributed by atoms with Gasteiger partial charge in [0.25, 0.3) is 0 Å². The zero-order valence-electron chi connectivity index (χ0n) is 11.0. The molecular formula is C14H14N4O2. The largest absolute Gasteiger partial charge is 0.465 e. The number of carbonyl (C=O) groups is 1. The number of hydrogen-bond acceptors (Lipinski definition) is 3. The second kappa shape index (κ2) is 6.45. The summed E-state index contributed by atoms with van der Waals surface area (Å²) in [6.07, 6.45) is 6.23. The normalized spacial score (nSPS) is 10.7. The molecule has 1 aromatic carbocycles. The number of carbonyl (C=O) groups excluding carboxylic acids is 1. The molecule has 0 spiro atoms. The Kier molecular flexibility index (Phi) is 4.42. The lowest BCUT2D eigenvalue weighted by atomic mass is 10.1. The highest BCUT2D eigenvalue weighted by molar-refractivity contribution is 6.04. The van der Waals surface area contributed by atoms with Crippen molar-refractivity contribution < 1.29 is 9.53 Å². The number of ether oxygens (including phenoxy) is 1. The minimum absolute atomic E-state index is 0.362. The van der Waals surface area contributed by atoms with Crippen molar-refractivity contribution in [3.8, 4) is 0 Å². The number of aromatic amines is 1. The molecule has 1 aromatic heterocycles. The van der Waals surface area contributed by atoms with E-state index in [0.717, 1.165) is 16.5 Å². The zero-order chi connectivity index (χ0) is 14.4. The molecular weight excluding hydrogens is 256 g/mol. The van der Waals surface area contributed by atoms with Crippen molar-refractivity contribution in [2.45, 2.75) is 6.42 Å². The van der Waals surface area contributed by atoms with Crippen LogP contribution < -0.4 is 0 Å². The number of H-pyrrole nitrogens is 1. The summed E-state index contributed by atoms with van der Waals surface area (Å²) >= 11 is 0. The van der Waals surface area contributed by atoms with Crippen LogP contribution in [-0.4, -0.2) is 24.6 Å². The minimum Gasteiger partial charge on any atom is -0.465 e. The second-order valence-corrected chi connectivity index (χ2v) is 4.14. The highest BCUT2D eigenvalue weighted by Crippen LogP contribution is 2.22. The van der Waals surface area contributed by atoms with Crippen LogP contribution in [0.1, 0.15) is 22.3 Å². The Hall–Kier alpha value is -2.72. The highest BCUT2D eigenvalue weighted by Gasteiger charge is 2.11. The van der Waals surface area contributed by atoms with Gasteiger partial charge < -0.3 is 9.72 Å². The van der Waals surface area contributed by atoms with Crippen molar-refractivity contribution in [3.05, 3.63) is 52.0 Å². The van der Waals surface area contributed by atoms with Crippen molar-refractivity contribution in [2.75, 3.05) is 13.7 Å². The molecule has 102 valence electrons. The van der Waals surface area contributed by atoms with Crippen LogP contribution in [0.25, 0.3) is 27.4 Å². The number of azide groups is 1. The van der Waals surface area contributed by atoms with Gasteiger partial charge in [0.2, 0.25) is 0 Å². The first kappa shape index (κ1) is 13.7. The number of rotatable bonds is 5. The number of nitrogens with zero attached hydrogens (tertiary/aromatic N) is 3. The molecule has 0 aliphatic heterocycles. The monoisotopic (exact) mass is 270 g/mol. The van der Waals surface area contributed by atoms with Gasteiger partial charge in [0.15, 0.2) is 0 Å². The predicted molar refractivity (Wildman–Crippen MR) is 77.3 cm³/mol. The smallest absolute Gasteiger partial charge is 0.338 e. The number of nitrogens with one attached hydrogen (secondary N) is 1. The average Bonchev–Trinajstić information content (AvgIpc) is 2.93. The van der Waals surface area contributed by atoms with Crippen molar-refractivity contribution in [3.63, 3.8) is 0 Å². The molecule has 1 N–H and O–H groups in total. The summed E-state index contributed by atoms with van der Waals surface area (Å²) in [5, 5.41) is 4.29. The molecule has 0 bridgehead atoms. The number of methoxy groups -OCH3 is 1. The van der Waals surface area contributed by atoms with Crippen molar-refractivity contribution in [2.24, 2.45) is 5.11 Å². The van der Waals surface area contributed by atoms with Gasteiger partial charge in [-0.3, -0.25) is 0 Å². The van der Waals surface area contributed by atoms with E-state index in [-0.39, 0.29) is 5.97 Å². The molecule has 20 heavy (non-hydrogen) atoms. The molecule has 2 aromatic rings. The number of esters is 1. The lowest BCUT2D eigenvalue weighted by Crippen LogP contribution is -2.02. The Balaban J connectivity index is 2.30. The van der Waals surface area contributed by atoms with Crippen LogP contribution in [0.15, 0.2) is 35.6 Å². The molecule has 0 aliphatic carbocycles. The third-order valence-corrected chi connectivity index (χ3v) is 2.87. The number of aromatic nitrogens is 1. The van der Waals surface area contributed by atoms with E-state index in [2.05, 4.69) is 15.0 Å². The van der Waals surface area contributed by atoms with Gasteiger partial charge in [-0.15, -0.1) is 0 Å². The van der Waals surface area contributed by atoms with Crippen LogP contribution in [0.4, 0.5) is 0 Å². The maximum atomic E-state index is 11.8. The summed E-state index contributed by atoms with van der Waals surface area (Å²) in [6, 6.07) is 5.58. The molecule has 2 rings (SSSR count). The first-order valence-corrected chi connectivity index (χ1v) is 6.13. The Bertz CT molecular complexity index is 696. The Labute approximate surface area is 115 Å². The third kappa shape index (κ3) is 2.99. The summed E-state index contributed by atoms with van der Waals surface area (Å²) in [5.74, 6) is -0.362. The van der Waals surface area contributed by atoms with Gasteiger partial charge in [0, 0.05) is 28.6 Å². The van der Waals surface area contributed by atoms with Crippen LogP contribution in [-0.2, 0) is 4.74 Å². The Morgan fingerprint density at radius 2 is 2.40 bits per heavy atom. The van der Waals surface area contributed by atoms with Crippen LogP contribution in [0.2, 0.25) is 0 Å². The molecule has 0 radical (unpaired) electrons. The maximum Gasteiger partial charge on any atom is 0.338 e. The van der Waals surface area contributed by atoms with Gasteiger partial charge in [-0.2, -0.15) is 0 Å². The molecule has 6 nitrogen and oxygen atoms in total. The van der Waals surface area contributed by atoms with E-state index in [0.29, 0.717) is 18.5 Å². The molecule has 0 amide bonds. The molecule has 1 heterocycles.